The summed E-state index contributed by atoms with van der Waals surface area (Å²) >= 11 is 3.47. The molecule has 2 rings (SSSR count). The maximum absolute atomic E-state index is 5.36. The van der Waals surface area contributed by atoms with E-state index in [2.05, 4.69) is 72.1 Å². The van der Waals surface area contributed by atoms with Crippen LogP contribution in [-0.4, -0.2) is 7.11 Å². The molecule has 2 N–H and O–H groups in total. The van der Waals surface area contributed by atoms with Crippen molar-refractivity contribution in [3.05, 3.63) is 64.9 Å². The molecule has 0 atom stereocenters. The van der Waals surface area contributed by atoms with Crippen molar-refractivity contribution >= 4 is 27.3 Å². The highest BCUT2D eigenvalue weighted by molar-refractivity contribution is 9.10. The first-order chi connectivity index (χ1) is 10.8. The first kappa shape index (κ1) is 17.4. The van der Waals surface area contributed by atoms with Crippen molar-refractivity contribution in [3.63, 3.8) is 0 Å². The summed E-state index contributed by atoms with van der Waals surface area (Å²) in [6, 6.07) is 14.2. The molecule has 0 bridgehead atoms. The second-order valence-electron chi connectivity index (χ2n) is 6.40. The number of nitrogens with one attached hydrogen (secondary N) is 2. The van der Waals surface area contributed by atoms with E-state index >= 15 is 0 Å². The second kappa shape index (κ2) is 7.09. The summed E-state index contributed by atoms with van der Waals surface area (Å²) in [5.74, 6) is 1.45. The van der Waals surface area contributed by atoms with E-state index in [4.69, 9.17) is 4.74 Å². The summed E-state index contributed by atoms with van der Waals surface area (Å²) in [6.07, 6.45) is 0. The summed E-state index contributed by atoms with van der Waals surface area (Å²) in [6.45, 7) is 10.6. The lowest BCUT2D eigenvalue weighted by Gasteiger charge is -2.21. The fourth-order valence-corrected chi connectivity index (χ4v) is 2.57. The van der Waals surface area contributed by atoms with Crippen LogP contribution in [0.15, 0.2) is 59.3 Å². The molecule has 122 valence electrons. The van der Waals surface area contributed by atoms with Crippen LogP contribution in [0.2, 0.25) is 0 Å². The predicted molar refractivity (Wildman–Crippen MR) is 102 cm³/mol. The normalized spacial score (nSPS) is 11.0. The molecule has 0 aliphatic heterocycles. The van der Waals surface area contributed by atoms with Crippen molar-refractivity contribution in [2.75, 3.05) is 17.7 Å². The van der Waals surface area contributed by atoms with Crippen LogP contribution < -0.4 is 15.4 Å². The second-order valence-corrected chi connectivity index (χ2v) is 7.32. The van der Waals surface area contributed by atoms with Gasteiger partial charge >= 0.3 is 0 Å². The van der Waals surface area contributed by atoms with Crippen molar-refractivity contribution in [2.45, 2.75) is 26.2 Å². The molecule has 2 aromatic rings. The highest BCUT2D eigenvalue weighted by atomic mass is 79.9. The number of benzene rings is 2. The summed E-state index contributed by atoms with van der Waals surface area (Å²) in [5, 5.41) is 6.55. The molecule has 0 fully saturated rings. The van der Waals surface area contributed by atoms with Crippen molar-refractivity contribution in [1.29, 1.82) is 0 Å². The fraction of sp³-hybridized carbons (Fsp3) is 0.263. The summed E-state index contributed by atoms with van der Waals surface area (Å²) < 4.78 is 6.34. The van der Waals surface area contributed by atoms with Crippen molar-refractivity contribution in [1.82, 2.24) is 0 Å². The van der Waals surface area contributed by atoms with Crippen LogP contribution in [0.1, 0.15) is 26.3 Å². The highest BCUT2D eigenvalue weighted by Gasteiger charge is 2.13. The molecule has 0 radical (unpaired) electrons. The number of methoxy groups -OCH3 is 1. The fourth-order valence-electron chi connectivity index (χ4n) is 2.21. The molecule has 0 amide bonds. The third-order valence-corrected chi connectivity index (χ3v) is 3.96. The van der Waals surface area contributed by atoms with Crippen LogP contribution in [0.3, 0.4) is 0 Å². The largest absolute Gasteiger partial charge is 0.495 e. The standard InChI is InChI=1S/C19H23BrN2O/c1-13(22-17-12-15(20)9-10-18(17)23-5)21-16-8-6-7-14(11-16)19(2,3)4/h6-12,21-22H,1H2,2-5H3. The van der Waals surface area contributed by atoms with E-state index in [1.54, 1.807) is 7.11 Å². The lowest BCUT2D eigenvalue weighted by atomic mass is 9.87. The maximum Gasteiger partial charge on any atom is 0.142 e. The van der Waals surface area contributed by atoms with Gasteiger partial charge in [0.1, 0.15) is 11.6 Å². The van der Waals surface area contributed by atoms with Gasteiger partial charge in [0.05, 0.1) is 12.8 Å². The molecular formula is C19H23BrN2O. The molecule has 0 saturated carbocycles. The molecule has 2 aromatic carbocycles. The molecule has 3 nitrogen and oxygen atoms in total. The zero-order chi connectivity index (χ0) is 17.0. The van der Waals surface area contributed by atoms with E-state index in [0.29, 0.717) is 5.82 Å². The van der Waals surface area contributed by atoms with Gasteiger partial charge in [0.25, 0.3) is 0 Å². The lowest BCUT2D eigenvalue weighted by Crippen LogP contribution is -2.13. The SMILES string of the molecule is C=C(Nc1cccc(C(C)(C)C)c1)Nc1cc(Br)ccc1OC. The summed E-state index contributed by atoms with van der Waals surface area (Å²) in [5.41, 5.74) is 3.24. The van der Waals surface area contributed by atoms with Gasteiger partial charge in [-0.2, -0.15) is 0 Å². The average molecular weight is 375 g/mol. The number of ether oxygens (including phenoxy) is 1. The molecule has 0 aromatic heterocycles. The first-order valence-corrected chi connectivity index (χ1v) is 8.26. The quantitative estimate of drug-likeness (QED) is 0.698. The van der Waals surface area contributed by atoms with Gasteiger partial charge in [-0.05, 0) is 41.3 Å². The minimum absolute atomic E-state index is 0.111. The Balaban J connectivity index is 2.13. The van der Waals surface area contributed by atoms with E-state index in [1.807, 2.05) is 24.3 Å². The smallest absolute Gasteiger partial charge is 0.142 e. The number of hydrogen-bond acceptors (Lipinski definition) is 3. The number of rotatable bonds is 5. The van der Waals surface area contributed by atoms with Gasteiger partial charge in [-0.1, -0.05) is 55.4 Å². The lowest BCUT2D eigenvalue weighted by molar-refractivity contribution is 0.416. The maximum atomic E-state index is 5.36. The van der Waals surface area contributed by atoms with Crippen LogP contribution in [0.4, 0.5) is 11.4 Å². The Labute approximate surface area is 146 Å². The Hall–Kier alpha value is -1.94. The van der Waals surface area contributed by atoms with Crippen molar-refractivity contribution in [3.8, 4) is 5.75 Å². The Bertz CT molecular complexity index is 705. The zero-order valence-corrected chi connectivity index (χ0v) is 15.6. The van der Waals surface area contributed by atoms with Gasteiger partial charge in [-0.15, -0.1) is 0 Å². The van der Waals surface area contributed by atoms with E-state index in [0.717, 1.165) is 21.6 Å². The number of halogens is 1. The Kier molecular flexibility index (Phi) is 5.37. The number of anilines is 2. The molecule has 0 aliphatic rings. The molecule has 0 spiro atoms. The Morgan fingerprint density at radius 1 is 1.09 bits per heavy atom. The van der Waals surface area contributed by atoms with E-state index in [-0.39, 0.29) is 5.41 Å². The topological polar surface area (TPSA) is 33.3 Å². The van der Waals surface area contributed by atoms with Gasteiger partial charge in [0.15, 0.2) is 0 Å². The highest BCUT2D eigenvalue weighted by Crippen LogP contribution is 2.29. The predicted octanol–water partition coefficient (Wildman–Crippen LogP) is 5.75. The minimum Gasteiger partial charge on any atom is -0.495 e. The van der Waals surface area contributed by atoms with Crippen LogP contribution in [0.25, 0.3) is 0 Å². The van der Waals surface area contributed by atoms with Gasteiger partial charge in [-0.25, -0.2) is 0 Å². The van der Waals surface area contributed by atoms with E-state index in [9.17, 15) is 0 Å². The van der Waals surface area contributed by atoms with Gasteiger partial charge < -0.3 is 15.4 Å². The van der Waals surface area contributed by atoms with Crippen LogP contribution in [0.5, 0.6) is 5.75 Å². The monoisotopic (exact) mass is 374 g/mol. The van der Waals surface area contributed by atoms with Gasteiger partial charge in [0, 0.05) is 10.2 Å². The Morgan fingerprint density at radius 3 is 2.48 bits per heavy atom. The summed E-state index contributed by atoms with van der Waals surface area (Å²) in [4.78, 5) is 0. The third kappa shape index (κ3) is 4.76. The first-order valence-electron chi connectivity index (χ1n) is 7.46. The van der Waals surface area contributed by atoms with E-state index in [1.165, 1.54) is 5.56 Å². The molecule has 0 unspecified atom stereocenters. The molecule has 0 heterocycles. The van der Waals surface area contributed by atoms with E-state index < -0.39 is 0 Å². The molecule has 23 heavy (non-hydrogen) atoms. The molecular weight excluding hydrogens is 352 g/mol. The molecule has 4 heteroatoms. The van der Waals surface area contributed by atoms with Crippen LogP contribution >= 0.6 is 15.9 Å². The van der Waals surface area contributed by atoms with Crippen LogP contribution in [0, 0.1) is 0 Å². The Morgan fingerprint density at radius 2 is 1.83 bits per heavy atom. The third-order valence-electron chi connectivity index (χ3n) is 3.47. The van der Waals surface area contributed by atoms with Crippen molar-refractivity contribution < 1.29 is 4.74 Å². The zero-order valence-electron chi connectivity index (χ0n) is 14.0. The molecule has 0 aliphatic carbocycles. The van der Waals surface area contributed by atoms with Gasteiger partial charge in [-0.3, -0.25) is 0 Å². The number of hydrogen-bond donors (Lipinski definition) is 2. The molecule has 0 saturated heterocycles. The average Bonchev–Trinajstić information content (AvgIpc) is 2.46. The van der Waals surface area contributed by atoms with Crippen LogP contribution in [-0.2, 0) is 5.41 Å². The minimum atomic E-state index is 0.111. The van der Waals surface area contributed by atoms with Gasteiger partial charge in [0.2, 0.25) is 0 Å². The van der Waals surface area contributed by atoms with Crippen molar-refractivity contribution in [2.24, 2.45) is 0 Å². The summed E-state index contributed by atoms with van der Waals surface area (Å²) in [7, 11) is 1.65.